The second kappa shape index (κ2) is 5.61. The van der Waals surface area contributed by atoms with Crippen LogP contribution in [0.15, 0.2) is 18.2 Å². The lowest BCUT2D eigenvalue weighted by molar-refractivity contribution is 0.280. The maximum Gasteiger partial charge on any atom is 0.124 e. The summed E-state index contributed by atoms with van der Waals surface area (Å²) in [6, 6.07) is 5.75. The summed E-state index contributed by atoms with van der Waals surface area (Å²) >= 11 is 0. The third-order valence-electron chi connectivity index (χ3n) is 2.22. The molecule has 3 heteroatoms. The van der Waals surface area contributed by atoms with E-state index in [1.807, 2.05) is 25.1 Å². The van der Waals surface area contributed by atoms with E-state index in [9.17, 15) is 0 Å². The molecule has 0 fully saturated rings. The number of nitrogens with two attached hydrogens (primary N) is 1. The van der Waals surface area contributed by atoms with Crippen molar-refractivity contribution in [3.8, 4) is 5.75 Å². The Balaban J connectivity index is 2.40. The minimum Gasteiger partial charge on any atom is -0.493 e. The van der Waals surface area contributed by atoms with Gasteiger partial charge in [-0.05, 0) is 39.1 Å². The molecule has 0 saturated carbocycles. The second-order valence-electron chi connectivity index (χ2n) is 4.03. The molecule has 0 atom stereocenters. The van der Waals surface area contributed by atoms with Crippen molar-refractivity contribution in [1.82, 2.24) is 4.90 Å². The molecule has 0 aliphatic heterocycles. The number of aryl methyl sites for hydroxylation is 1. The highest BCUT2D eigenvalue weighted by Gasteiger charge is 1.99. The summed E-state index contributed by atoms with van der Waals surface area (Å²) in [6.07, 6.45) is 1.03. The topological polar surface area (TPSA) is 38.5 Å². The molecule has 0 amide bonds. The fourth-order valence-electron chi connectivity index (χ4n) is 1.34. The molecular formula is C12H20N2O. The van der Waals surface area contributed by atoms with E-state index in [2.05, 4.69) is 19.0 Å². The van der Waals surface area contributed by atoms with Crippen LogP contribution in [-0.2, 0) is 0 Å². The summed E-state index contributed by atoms with van der Waals surface area (Å²) in [5.74, 6) is 0.897. The molecular weight excluding hydrogens is 188 g/mol. The van der Waals surface area contributed by atoms with Gasteiger partial charge in [-0.2, -0.15) is 0 Å². The van der Waals surface area contributed by atoms with Gasteiger partial charge in [0.05, 0.1) is 6.61 Å². The number of hydrogen-bond acceptors (Lipinski definition) is 3. The Morgan fingerprint density at radius 2 is 2.07 bits per heavy atom. The van der Waals surface area contributed by atoms with E-state index in [0.29, 0.717) is 0 Å². The van der Waals surface area contributed by atoms with Crippen molar-refractivity contribution >= 4 is 5.69 Å². The molecule has 0 aromatic heterocycles. The Labute approximate surface area is 91.8 Å². The van der Waals surface area contributed by atoms with Crippen LogP contribution in [0.1, 0.15) is 12.0 Å². The van der Waals surface area contributed by atoms with Gasteiger partial charge in [0, 0.05) is 18.3 Å². The van der Waals surface area contributed by atoms with Gasteiger partial charge >= 0.3 is 0 Å². The van der Waals surface area contributed by atoms with Crippen LogP contribution in [0.4, 0.5) is 5.69 Å². The van der Waals surface area contributed by atoms with Gasteiger partial charge in [-0.15, -0.1) is 0 Å². The molecule has 1 rings (SSSR count). The smallest absolute Gasteiger partial charge is 0.124 e. The van der Waals surface area contributed by atoms with Crippen molar-refractivity contribution in [3.05, 3.63) is 23.8 Å². The number of anilines is 1. The monoisotopic (exact) mass is 208 g/mol. The molecule has 0 bridgehead atoms. The van der Waals surface area contributed by atoms with Crippen LogP contribution in [0.3, 0.4) is 0 Å². The zero-order valence-electron chi connectivity index (χ0n) is 9.79. The van der Waals surface area contributed by atoms with Crippen molar-refractivity contribution in [2.75, 3.05) is 33.0 Å². The fourth-order valence-corrected chi connectivity index (χ4v) is 1.34. The van der Waals surface area contributed by atoms with Gasteiger partial charge in [-0.3, -0.25) is 0 Å². The van der Waals surface area contributed by atoms with Gasteiger partial charge in [0.15, 0.2) is 0 Å². The fraction of sp³-hybridized carbons (Fsp3) is 0.500. The van der Waals surface area contributed by atoms with Crippen LogP contribution in [0.2, 0.25) is 0 Å². The first-order valence-electron chi connectivity index (χ1n) is 5.23. The van der Waals surface area contributed by atoms with E-state index < -0.39 is 0 Å². The minimum absolute atomic E-state index is 0.739. The number of nitrogens with zero attached hydrogens (tertiary/aromatic N) is 1. The standard InChI is InChI=1S/C12H20N2O/c1-10-5-6-11(13)9-12(10)15-8-4-7-14(2)3/h5-6,9H,4,7-8,13H2,1-3H3. The van der Waals surface area contributed by atoms with Crippen LogP contribution in [-0.4, -0.2) is 32.1 Å². The average molecular weight is 208 g/mol. The largest absolute Gasteiger partial charge is 0.493 e. The predicted octanol–water partition coefficient (Wildman–Crippen LogP) is 1.91. The molecule has 2 N–H and O–H groups in total. The SMILES string of the molecule is Cc1ccc(N)cc1OCCCN(C)C. The summed E-state index contributed by atoms with van der Waals surface area (Å²) in [7, 11) is 4.12. The first-order valence-corrected chi connectivity index (χ1v) is 5.23. The summed E-state index contributed by atoms with van der Waals surface area (Å²) in [4.78, 5) is 2.15. The van der Waals surface area contributed by atoms with Crippen molar-refractivity contribution in [1.29, 1.82) is 0 Å². The minimum atomic E-state index is 0.739. The first kappa shape index (κ1) is 11.9. The Kier molecular flexibility index (Phi) is 4.43. The highest BCUT2D eigenvalue weighted by Crippen LogP contribution is 2.20. The van der Waals surface area contributed by atoms with Crippen molar-refractivity contribution in [2.24, 2.45) is 0 Å². The van der Waals surface area contributed by atoms with E-state index in [0.717, 1.165) is 36.6 Å². The molecule has 15 heavy (non-hydrogen) atoms. The van der Waals surface area contributed by atoms with Gasteiger partial charge in [-0.25, -0.2) is 0 Å². The zero-order valence-corrected chi connectivity index (χ0v) is 9.79. The Bertz CT molecular complexity index is 310. The number of benzene rings is 1. The number of nitrogen functional groups attached to an aromatic ring is 1. The summed E-state index contributed by atoms with van der Waals surface area (Å²) in [5.41, 5.74) is 7.58. The Morgan fingerprint density at radius 3 is 2.73 bits per heavy atom. The molecule has 84 valence electrons. The third kappa shape index (κ3) is 4.21. The van der Waals surface area contributed by atoms with E-state index in [-0.39, 0.29) is 0 Å². The molecule has 0 radical (unpaired) electrons. The predicted molar refractivity (Wildman–Crippen MR) is 64.3 cm³/mol. The van der Waals surface area contributed by atoms with E-state index >= 15 is 0 Å². The molecule has 0 saturated heterocycles. The summed E-state index contributed by atoms with van der Waals surface area (Å²) in [6.45, 7) is 3.81. The van der Waals surface area contributed by atoms with Crippen LogP contribution in [0.5, 0.6) is 5.75 Å². The maximum absolute atomic E-state index is 5.69. The zero-order chi connectivity index (χ0) is 11.3. The normalized spacial score (nSPS) is 10.7. The molecule has 0 spiro atoms. The van der Waals surface area contributed by atoms with E-state index in [1.165, 1.54) is 0 Å². The molecule has 0 aliphatic carbocycles. The van der Waals surface area contributed by atoms with Crippen LogP contribution >= 0.6 is 0 Å². The molecule has 3 nitrogen and oxygen atoms in total. The van der Waals surface area contributed by atoms with Gasteiger partial charge in [0.25, 0.3) is 0 Å². The second-order valence-corrected chi connectivity index (χ2v) is 4.03. The van der Waals surface area contributed by atoms with E-state index in [1.54, 1.807) is 0 Å². The lowest BCUT2D eigenvalue weighted by Crippen LogP contribution is -2.15. The third-order valence-corrected chi connectivity index (χ3v) is 2.22. The Hall–Kier alpha value is -1.22. The summed E-state index contributed by atoms with van der Waals surface area (Å²) in [5, 5.41) is 0. The van der Waals surface area contributed by atoms with E-state index in [4.69, 9.17) is 10.5 Å². The van der Waals surface area contributed by atoms with Crippen LogP contribution in [0.25, 0.3) is 0 Å². The lowest BCUT2D eigenvalue weighted by Gasteiger charge is -2.12. The summed E-state index contributed by atoms with van der Waals surface area (Å²) < 4.78 is 5.66. The molecule has 0 aliphatic rings. The quantitative estimate of drug-likeness (QED) is 0.593. The van der Waals surface area contributed by atoms with Crippen LogP contribution < -0.4 is 10.5 Å². The molecule has 1 aromatic rings. The first-order chi connectivity index (χ1) is 7.09. The van der Waals surface area contributed by atoms with Gasteiger partial charge in [0.1, 0.15) is 5.75 Å². The number of hydrogen-bond donors (Lipinski definition) is 1. The Morgan fingerprint density at radius 1 is 1.33 bits per heavy atom. The highest BCUT2D eigenvalue weighted by atomic mass is 16.5. The average Bonchev–Trinajstić information content (AvgIpc) is 2.17. The van der Waals surface area contributed by atoms with Crippen molar-refractivity contribution in [2.45, 2.75) is 13.3 Å². The maximum atomic E-state index is 5.69. The highest BCUT2D eigenvalue weighted by molar-refractivity contribution is 5.47. The van der Waals surface area contributed by atoms with Crippen LogP contribution in [0, 0.1) is 6.92 Å². The van der Waals surface area contributed by atoms with Gasteiger partial charge < -0.3 is 15.4 Å². The molecule has 0 heterocycles. The van der Waals surface area contributed by atoms with Gasteiger partial charge in [0.2, 0.25) is 0 Å². The molecule has 1 aromatic carbocycles. The van der Waals surface area contributed by atoms with Gasteiger partial charge in [-0.1, -0.05) is 6.07 Å². The lowest BCUT2D eigenvalue weighted by atomic mass is 10.2. The number of ether oxygens (including phenoxy) is 1. The molecule has 0 unspecified atom stereocenters. The number of rotatable bonds is 5. The van der Waals surface area contributed by atoms with Crippen molar-refractivity contribution < 1.29 is 4.74 Å². The van der Waals surface area contributed by atoms with Crippen molar-refractivity contribution in [3.63, 3.8) is 0 Å².